The molecule has 2 rings (SSSR count). The first-order chi connectivity index (χ1) is 14.4. The molecule has 1 aromatic heterocycles. The number of carbonyl (C=O) groups excluding carboxylic acids is 1. The van der Waals surface area contributed by atoms with E-state index in [0.29, 0.717) is 11.3 Å². The number of benzene rings is 1. The Kier molecular flexibility index (Phi) is 7.23. The number of oxime groups is 1. The Bertz CT molecular complexity index is 1140. The van der Waals surface area contributed by atoms with Gasteiger partial charge in [-0.2, -0.15) is 0 Å². The van der Waals surface area contributed by atoms with Gasteiger partial charge < -0.3 is 22.0 Å². The van der Waals surface area contributed by atoms with Crippen molar-refractivity contribution in [1.29, 1.82) is 0 Å². The summed E-state index contributed by atoms with van der Waals surface area (Å²) in [7, 11) is -4.03. The number of pyridine rings is 1. The number of halogens is 1. The molecule has 0 radical (unpaired) electrons. The van der Waals surface area contributed by atoms with E-state index in [0.717, 1.165) is 16.7 Å². The highest BCUT2D eigenvalue weighted by molar-refractivity contribution is 7.91. The van der Waals surface area contributed by atoms with Crippen molar-refractivity contribution in [3.05, 3.63) is 63.8 Å². The fourth-order valence-corrected chi connectivity index (χ4v) is 4.04. The molecule has 0 fully saturated rings. The maximum absolute atomic E-state index is 13.0. The summed E-state index contributed by atoms with van der Waals surface area (Å²) in [5.41, 5.74) is 15.3. The quantitative estimate of drug-likeness (QED) is 0.231. The molecule has 1 heterocycles. The maximum atomic E-state index is 13.0. The van der Waals surface area contributed by atoms with Crippen LogP contribution in [-0.2, 0) is 25.4 Å². The van der Waals surface area contributed by atoms with Crippen molar-refractivity contribution in [2.75, 3.05) is 4.72 Å². The number of aromatic nitrogens is 1. The number of nitrogens with zero attached hydrogens (tertiary/aromatic N) is 2. The van der Waals surface area contributed by atoms with Gasteiger partial charge in [-0.15, -0.1) is 0 Å². The number of hydrogen-bond acceptors (Lipinski definition) is 6. The molecule has 1 amide bonds. The van der Waals surface area contributed by atoms with Crippen molar-refractivity contribution in [1.82, 2.24) is 4.57 Å². The first kappa shape index (κ1) is 23.7. The summed E-state index contributed by atoms with van der Waals surface area (Å²) < 4.78 is 41.2. The minimum Gasteiger partial charge on any atom is -0.387 e. The second-order valence-electron chi connectivity index (χ2n) is 6.73. The highest BCUT2D eigenvalue weighted by atomic mass is 32.2. The van der Waals surface area contributed by atoms with E-state index < -0.39 is 51.2 Å². The van der Waals surface area contributed by atoms with Crippen LogP contribution in [0.1, 0.15) is 24.2 Å². The zero-order chi connectivity index (χ0) is 23.3. The molecule has 7 N–H and O–H groups in total. The Morgan fingerprint density at radius 3 is 2.35 bits per heavy atom. The van der Waals surface area contributed by atoms with Gasteiger partial charge >= 0.3 is 0 Å². The summed E-state index contributed by atoms with van der Waals surface area (Å²) in [4.78, 5) is 30.1. The average Bonchev–Trinajstić information content (AvgIpc) is 2.66. The zero-order valence-electron chi connectivity index (χ0n) is 16.8. The smallest absolute Gasteiger partial charge is 0.275 e. The molecule has 1 aromatic carbocycles. The number of aryl methyl sites for hydroxylation is 1. The van der Waals surface area contributed by atoms with Crippen LogP contribution in [0.4, 0.5) is 10.1 Å². The molecule has 0 saturated heterocycles. The molecule has 0 bridgehead atoms. The SMILES string of the molecule is Cc1ccc(NS(=O)(=O)Cc2ccc(F)cc2)c(=O)n1C(C(N)=O)C(C)ON=C(N)N. The largest absolute Gasteiger partial charge is 0.387 e. The number of guanidine groups is 1. The van der Waals surface area contributed by atoms with Crippen molar-refractivity contribution >= 4 is 27.6 Å². The Morgan fingerprint density at radius 2 is 1.81 bits per heavy atom. The zero-order valence-corrected chi connectivity index (χ0v) is 17.6. The van der Waals surface area contributed by atoms with E-state index in [9.17, 15) is 22.4 Å². The van der Waals surface area contributed by atoms with Crippen LogP contribution in [0, 0.1) is 12.7 Å². The fraction of sp³-hybridized carbons (Fsp3) is 0.278. The van der Waals surface area contributed by atoms with Gasteiger partial charge in [-0.05, 0) is 48.8 Å². The monoisotopic (exact) mass is 454 g/mol. The minimum atomic E-state index is -4.03. The van der Waals surface area contributed by atoms with Gasteiger partial charge in [0.15, 0.2) is 12.1 Å². The van der Waals surface area contributed by atoms with E-state index in [1.54, 1.807) is 0 Å². The molecule has 2 atom stereocenters. The van der Waals surface area contributed by atoms with Gasteiger partial charge in [0.2, 0.25) is 21.9 Å². The van der Waals surface area contributed by atoms with Crippen molar-refractivity contribution in [3.63, 3.8) is 0 Å². The van der Waals surface area contributed by atoms with Crippen molar-refractivity contribution < 1.29 is 22.4 Å². The highest BCUT2D eigenvalue weighted by Gasteiger charge is 2.30. The molecule has 0 saturated carbocycles. The maximum Gasteiger partial charge on any atom is 0.275 e. The number of primary amides is 1. The van der Waals surface area contributed by atoms with Crippen LogP contribution < -0.4 is 27.5 Å². The summed E-state index contributed by atoms with van der Waals surface area (Å²) in [6.45, 7) is 2.94. The number of sulfonamides is 1. The number of amides is 1. The van der Waals surface area contributed by atoms with Crippen molar-refractivity contribution in [2.45, 2.75) is 31.7 Å². The highest BCUT2D eigenvalue weighted by Crippen LogP contribution is 2.18. The molecule has 168 valence electrons. The number of nitrogens with two attached hydrogens (primary N) is 3. The molecular weight excluding hydrogens is 431 g/mol. The van der Waals surface area contributed by atoms with E-state index in [1.807, 2.05) is 0 Å². The average molecular weight is 454 g/mol. The van der Waals surface area contributed by atoms with Crippen molar-refractivity contribution in [3.8, 4) is 0 Å². The summed E-state index contributed by atoms with van der Waals surface area (Å²) in [6, 6.07) is 6.23. The molecule has 2 unspecified atom stereocenters. The Balaban J connectivity index is 2.40. The third-order valence-electron chi connectivity index (χ3n) is 4.19. The summed E-state index contributed by atoms with van der Waals surface area (Å²) in [6.07, 6.45) is -1.05. The molecule has 0 aliphatic heterocycles. The standard InChI is InChI=1S/C18H23FN6O5S/c1-10-3-8-14(24-31(28,29)9-12-4-6-13(19)7-5-12)17(27)25(10)15(16(20)26)11(2)30-23-18(21)22/h3-8,11,15,24H,9H2,1-2H3,(H2,20,26)(H4,21,22,23). The predicted octanol–water partition coefficient (Wildman–Crippen LogP) is -0.142. The molecular formula is C18H23FN6O5S. The lowest BCUT2D eigenvalue weighted by molar-refractivity contribution is -0.125. The lowest BCUT2D eigenvalue weighted by Crippen LogP contribution is -2.42. The van der Waals surface area contributed by atoms with Gasteiger partial charge in [0.05, 0.1) is 5.75 Å². The minimum absolute atomic E-state index is 0.312. The van der Waals surface area contributed by atoms with Crippen LogP contribution in [0.25, 0.3) is 0 Å². The number of nitrogens with one attached hydrogen (secondary N) is 1. The molecule has 0 aliphatic carbocycles. The van der Waals surface area contributed by atoms with Gasteiger partial charge in [0, 0.05) is 5.69 Å². The summed E-state index contributed by atoms with van der Waals surface area (Å²) >= 11 is 0. The van der Waals surface area contributed by atoms with Crippen LogP contribution in [0.15, 0.2) is 46.3 Å². The van der Waals surface area contributed by atoms with Crippen LogP contribution >= 0.6 is 0 Å². The van der Waals surface area contributed by atoms with Gasteiger partial charge in [0.25, 0.3) is 5.56 Å². The van der Waals surface area contributed by atoms with E-state index in [1.165, 1.54) is 38.1 Å². The van der Waals surface area contributed by atoms with Crippen LogP contribution in [0.2, 0.25) is 0 Å². The summed E-state index contributed by atoms with van der Waals surface area (Å²) in [5, 5.41) is 3.36. The second-order valence-corrected chi connectivity index (χ2v) is 8.45. The van der Waals surface area contributed by atoms with Crippen LogP contribution in [0.5, 0.6) is 0 Å². The Morgan fingerprint density at radius 1 is 1.19 bits per heavy atom. The molecule has 0 spiro atoms. The Hall–Kier alpha value is -3.61. The lowest BCUT2D eigenvalue weighted by atomic mass is 10.1. The number of hydrogen-bond donors (Lipinski definition) is 4. The fourth-order valence-electron chi connectivity index (χ4n) is 2.84. The Labute approximate surface area is 177 Å². The third-order valence-corrected chi connectivity index (χ3v) is 5.44. The van der Waals surface area contributed by atoms with Gasteiger partial charge in [-0.1, -0.05) is 12.1 Å². The van der Waals surface area contributed by atoms with E-state index in [-0.39, 0.29) is 5.69 Å². The van der Waals surface area contributed by atoms with E-state index >= 15 is 0 Å². The molecule has 31 heavy (non-hydrogen) atoms. The first-order valence-electron chi connectivity index (χ1n) is 8.92. The molecule has 0 aliphatic rings. The van der Waals surface area contributed by atoms with E-state index in [2.05, 4.69) is 9.88 Å². The molecule has 13 heteroatoms. The van der Waals surface area contributed by atoms with Gasteiger partial charge in [-0.25, -0.2) is 12.8 Å². The van der Waals surface area contributed by atoms with Gasteiger partial charge in [0.1, 0.15) is 11.5 Å². The first-order valence-corrected chi connectivity index (χ1v) is 10.6. The number of rotatable bonds is 9. The molecule has 2 aromatic rings. The third kappa shape index (κ3) is 6.18. The normalized spacial score (nSPS) is 13.1. The topological polar surface area (TPSA) is 185 Å². The van der Waals surface area contributed by atoms with Crippen molar-refractivity contribution in [2.24, 2.45) is 22.4 Å². The summed E-state index contributed by atoms with van der Waals surface area (Å²) in [5.74, 6) is -2.33. The number of carbonyl (C=O) groups is 1. The van der Waals surface area contributed by atoms with Crippen LogP contribution in [-0.4, -0.2) is 31.0 Å². The molecule has 11 nitrogen and oxygen atoms in total. The van der Waals surface area contributed by atoms with E-state index in [4.69, 9.17) is 22.0 Å². The lowest BCUT2D eigenvalue weighted by Gasteiger charge is -2.24. The predicted molar refractivity (Wildman–Crippen MR) is 113 cm³/mol. The van der Waals surface area contributed by atoms with Gasteiger partial charge in [-0.3, -0.25) is 18.9 Å². The van der Waals surface area contributed by atoms with Crippen LogP contribution in [0.3, 0.4) is 0 Å². The second kappa shape index (κ2) is 9.47. The number of anilines is 1.